The quantitative estimate of drug-likeness (QED) is 0.855. The SMILES string of the molecule is CCN1CCN=C1NCc1cccc(OC)c1. The Labute approximate surface area is 102 Å². The Balaban J connectivity index is 1.93. The van der Waals surface area contributed by atoms with Crippen LogP contribution in [0.1, 0.15) is 12.5 Å². The summed E-state index contributed by atoms with van der Waals surface area (Å²) in [7, 11) is 1.69. The molecule has 0 unspecified atom stereocenters. The van der Waals surface area contributed by atoms with E-state index in [4.69, 9.17) is 4.74 Å². The first-order valence-corrected chi connectivity index (χ1v) is 5.99. The van der Waals surface area contributed by atoms with Gasteiger partial charge in [0.05, 0.1) is 13.7 Å². The van der Waals surface area contributed by atoms with Gasteiger partial charge in [-0.05, 0) is 24.6 Å². The van der Waals surface area contributed by atoms with Crippen molar-refractivity contribution in [1.82, 2.24) is 10.2 Å². The van der Waals surface area contributed by atoms with Gasteiger partial charge in [-0.2, -0.15) is 0 Å². The fraction of sp³-hybridized carbons (Fsp3) is 0.462. The number of nitrogens with one attached hydrogen (secondary N) is 1. The van der Waals surface area contributed by atoms with Crippen LogP contribution >= 0.6 is 0 Å². The Morgan fingerprint density at radius 3 is 3.12 bits per heavy atom. The lowest BCUT2D eigenvalue weighted by molar-refractivity contribution is 0.414. The zero-order valence-corrected chi connectivity index (χ0v) is 10.4. The van der Waals surface area contributed by atoms with E-state index in [0.29, 0.717) is 0 Å². The first kappa shape index (κ1) is 11.8. The Morgan fingerprint density at radius 2 is 2.35 bits per heavy atom. The van der Waals surface area contributed by atoms with Crippen molar-refractivity contribution in [1.29, 1.82) is 0 Å². The zero-order valence-electron chi connectivity index (χ0n) is 10.4. The first-order valence-electron chi connectivity index (χ1n) is 5.99. The van der Waals surface area contributed by atoms with Crippen LogP contribution in [0.15, 0.2) is 29.3 Å². The van der Waals surface area contributed by atoms with E-state index in [1.807, 2.05) is 18.2 Å². The van der Waals surface area contributed by atoms with Crippen LogP contribution in [-0.4, -0.2) is 37.6 Å². The molecule has 1 N–H and O–H groups in total. The molecule has 2 rings (SSSR count). The predicted molar refractivity (Wildman–Crippen MR) is 69.4 cm³/mol. The van der Waals surface area contributed by atoms with Crippen LogP contribution in [0.3, 0.4) is 0 Å². The van der Waals surface area contributed by atoms with E-state index in [0.717, 1.165) is 37.9 Å². The summed E-state index contributed by atoms with van der Waals surface area (Å²) in [5.41, 5.74) is 1.20. The van der Waals surface area contributed by atoms with Gasteiger partial charge in [0.15, 0.2) is 5.96 Å². The molecule has 0 saturated heterocycles. The summed E-state index contributed by atoms with van der Waals surface area (Å²) >= 11 is 0. The molecule has 0 saturated carbocycles. The van der Waals surface area contributed by atoms with Crippen LogP contribution in [0, 0.1) is 0 Å². The first-order chi connectivity index (χ1) is 8.33. The van der Waals surface area contributed by atoms with Gasteiger partial charge < -0.3 is 15.0 Å². The van der Waals surface area contributed by atoms with Crippen molar-refractivity contribution < 1.29 is 4.74 Å². The molecule has 4 nitrogen and oxygen atoms in total. The van der Waals surface area contributed by atoms with Crippen LogP contribution in [0.4, 0.5) is 0 Å². The molecule has 1 aromatic rings. The Morgan fingerprint density at radius 1 is 1.47 bits per heavy atom. The molecule has 1 aromatic carbocycles. The highest BCUT2D eigenvalue weighted by Gasteiger charge is 2.13. The second-order valence-corrected chi connectivity index (χ2v) is 3.99. The molecule has 1 heterocycles. The molecule has 17 heavy (non-hydrogen) atoms. The summed E-state index contributed by atoms with van der Waals surface area (Å²) in [5.74, 6) is 1.90. The Hall–Kier alpha value is -1.71. The molecule has 0 spiro atoms. The third kappa shape index (κ3) is 2.90. The molecule has 4 heteroatoms. The molecule has 0 fully saturated rings. The summed E-state index contributed by atoms with van der Waals surface area (Å²) in [6.07, 6.45) is 0. The maximum absolute atomic E-state index is 5.20. The second kappa shape index (κ2) is 5.57. The lowest BCUT2D eigenvalue weighted by Crippen LogP contribution is -2.37. The molecule has 0 atom stereocenters. The number of nitrogens with zero attached hydrogens (tertiary/aromatic N) is 2. The van der Waals surface area contributed by atoms with Crippen molar-refractivity contribution in [3.63, 3.8) is 0 Å². The number of benzene rings is 1. The fourth-order valence-electron chi connectivity index (χ4n) is 1.92. The minimum absolute atomic E-state index is 0.784. The highest BCUT2D eigenvalue weighted by atomic mass is 16.5. The predicted octanol–water partition coefficient (Wildman–Crippen LogP) is 1.48. The number of aliphatic imine (C=N–C) groups is 1. The highest BCUT2D eigenvalue weighted by Crippen LogP contribution is 2.12. The van der Waals surface area contributed by atoms with Crippen LogP contribution in [0.5, 0.6) is 5.75 Å². The molecular formula is C13H19N3O. The summed E-state index contributed by atoms with van der Waals surface area (Å²) < 4.78 is 5.20. The van der Waals surface area contributed by atoms with Crippen molar-refractivity contribution in [2.75, 3.05) is 26.7 Å². The van der Waals surface area contributed by atoms with E-state index in [1.165, 1.54) is 5.56 Å². The van der Waals surface area contributed by atoms with Crippen LogP contribution in [0.25, 0.3) is 0 Å². The number of rotatable bonds is 4. The van der Waals surface area contributed by atoms with Crippen LogP contribution in [0.2, 0.25) is 0 Å². The normalized spacial score (nSPS) is 14.7. The minimum Gasteiger partial charge on any atom is -0.497 e. The van der Waals surface area contributed by atoms with E-state index >= 15 is 0 Å². The number of likely N-dealkylation sites (N-methyl/N-ethyl adjacent to an activating group) is 1. The Kier molecular flexibility index (Phi) is 3.85. The third-order valence-electron chi connectivity index (χ3n) is 2.90. The topological polar surface area (TPSA) is 36.9 Å². The van der Waals surface area contributed by atoms with Gasteiger partial charge in [-0.15, -0.1) is 0 Å². The number of hydrogen-bond acceptors (Lipinski definition) is 4. The average Bonchev–Trinajstić information content (AvgIpc) is 2.84. The monoisotopic (exact) mass is 233 g/mol. The maximum atomic E-state index is 5.20. The third-order valence-corrected chi connectivity index (χ3v) is 2.90. The van der Waals surface area contributed by atoms with Gasteiger partial charge in [-0.1, -0.05) is 12.1 Å². The van der Waals surface area contributed by atoms with Crippen LogP contribution in [-0.2, 0) is 6.54 Å². The van der Waals surface area contributed by atoms with E-state index in [-0.39, 0.29) is 0 Å². The number of guanidine groups is 1. The van der Waals surface area contributed by atoms with Gasteiger partial charge in [0.1, 0.15) is 5.75 Å². The molecule has 92 valence electrons. The number of ether oxygens (including phenoxy) is 1. The van der Waals surface area contributed by atoms with E-state index in [1.54, 1.807) is 7.11 Å². The van der Waals surface area contributed by atoms with Gasteiger partial charge >= 0.3 is 0 Å². The molecule has 1 aliphatic rings. The number of methoxy groups -OCH3 is 1. The molecule has 0 amide bonds. The molecule has 0 radical (unpaired) electrons. The zero-order chi connectivity index (χ0) is 12.1. The van der Waals surface area contributed by atoms with Crippen molar-refractivity contribution in [2.24, 2.45) is 4.99 Å². The standard InChI is InChI=1S/C13H19N3O/c1-3-16-8-7-14-13(16)15-10-11-5-4-6-12(9-11)17-2/h4-6,9H,3,7-8,10H2,1-2H3,(H,14,15). The molecule has 1 aliphatic heterocycles. The van der Waals surface area contributed by atoms with Crippen molar-refractivity contribution in [3.05, 3.63) is 29.8 Å². The van der Waals surface area contributed by atoms with E-state index in [2.05, 4.69) is 28.2 Å². The van der Waals surface area contributed by atoms with Gasteiger partial charge in [0.25, 0.3) is 0 Å². The summed E-state index contributed by atoms with van der Waals surface area (Å²) in [6.45, 7) is 5.86. The number of hydrogen-bond donors (Lipinski definition) is 1. The summed E-state index contributed by atoms with van der Waals surface area (Å²) in [5, 5.41) is 3.37. The van der Waals surface area contributed by atoms with Crippen molar-refractivity contribution in [3.8, 4) is 5.75 Å². The maximum Gasteiger partial charge on any atom is 0.194 e. The van der Waals surface area contributed by atoms with Gasteiger partial charge in [0, 0.05) is 19.6 Å². The van der Waals surface area contributed by atoms with Crippen molar-refractivity contribution in [2.45, 2.75) is 13.5 Å². The lowest BCUT2D eigenvalue weighted by Gasteiger charge is -2.18. The summed E-state index contributed by atoms with van der Waals surface area (Å²) in [6, 6.07) is 8.08. The lowest BCUT2D eigenvalue weighted by atomic mass is 10.2. The van der Waals surface area contributed by atoms with Gasteiger partial charge in [-0.3, -0.25) is 4.99 Å². The molecule has 0 bridgehead atoms. The average molecular weight is 233 g/mol. The Bertz CT molecular complexity index is 403. The van der Waals surface area contributed by atoms with Gasteiger partial charge in [0.2, 0.25) is 0 Å². The van der Waals surface area contributed by atoms with E-state index in [9.17, 15) is 0 Å². The molecular weight excluding hydrogens is 214 g/mol. The second-order valence-electron chi connectivity index (χ2n) is 3.99. The molecule has 0 aromatic heterocycles. The fourth-order valence-corrected chi connectivity index (χ4v) is 1.92. The minimum atomic E-state index is 0.784. The van der Waals surface area contributed by atoms with Crippen molar-refractivity contribution >= 4 is 5.96 Å². The highest BCUT2D eigenvalue weighted by molar-refractivity contribution is 5.81. The van der Waals surface area contributed by atoms with Gasteiger partial charge in [-0.25, -0.2) is 0 Å². The molecule has 0 aliphatic carbocycles. The van der Waals surface area contributed by atoms with Crippen LogP contribution < -0.4 is 10.1 Å². The van der Waals surface area contributed by atoms with E-state index < -0.39 is 0 Å². The smallest absolute Gasteiger partial charge is 0.194 e. The summed E-state index contributed by atoms with van der Waals surface area (Å²) in [4.78, 5) is 6.70. The largest absolute Gasteiger partial charge is 0.497 e.